The van der Waals surface area contributed by atoms with Gasteiger partial charge in [-0.05, 0) is 46.8 Å². The number of hydrogen-bond acceptors (Lipinski definition) is 7. The zero-order chi connectivity index (χ0) is 22.7. The summed E-state index contributed by atoms with van der Waals surface area (Å²) in [6.07, 6.45) is 0. The van der Waals surface area contributed by atoms with Gasteiger partial charge in [-0.25, -0.2) is 17.2 Å². The van der Waals surface area contributed by atoms with E-state index in [0.29, 0.717) is 10.8 Å². The van der Waals surface area contributed by atoms with E-state index in [0.717, 1.165) is 17.8 Å². The molecule has 1 fully saturated rings. The van der Waals surface area contributed by atoms with Crippen LogP contribution in [0, 0.1) is 11.6 Å². The van der Waals surface area contributed by atoms with E-state index in [1.807, 2.05) is 0 Å². The number of nitrogens with zero attached hydrogens (tertiary/aromatic N) is 6. The molecule has 9 nitrogen and oxygen atoms in total. The Labute approximate surface area is 187 Å². The van der Waals surface area contributed by atoms with E-state index in [1.54, 1.807) is 11.0 Å². The molecule has 0 N–H and O–H groups in total. The smallest absolute Gasteiger partial charge is 0.243 e. The molecule has 4 rings (SSSR count). The van der Waals surface area contributed by atoms with Crippen LogP contribution in [0.4, 0.5) is 8.78 Å². The van der Waals surface area contributed by atoms with Gasteiger partial charge in [-0.1, -0.05) is 23.9 Å². The van der Waals surface area contributed by atoms with Gasteiger partial charge in [0.2, 0.25) is 21.1 Å². The van der Waals surface area contributed by atoms with Crippen LogP contribution in [-0.4, -0.2) is 75.7 Å². The number of benzene rings is 2. The molecule has 1 aliphatic heterocycles. The summed E-state index contributed by atoms with van der Waals surface area (Å²) in [7, 11) is -3.83. The number of sulfonamides is 1. The second kappa shape index (κ2) is 9.30. The molecule has 0 unspecified atom stereocenters. The maximum atomic E-state index is 13.5. The Kier molecular flexibility index (Phi) is 6.48. The quantitative estimate of drug-likeness (QED) is 0.494. The van der Waals surface area contributed by atoms with Crippen molar-refractivity contribution in [3.05, 3.63) is 60.2 Å². The maximum absolute atomic E-state index is 13.5. The molecule has 0 atom stereocenters. The van der Waals surface area contributed by atoms with Gasteiger partial charge in [-0.3, -0.25) is 4.79 Å². The Balaban J connectivity index is 1.35. The monoisotopic (exact) mass is 480 g/mol. The molecule has 3 aromatic rings. The van der Waals surface area contributed by atoms with Crippen LogP contribution in [0.15, 0.2) is 58.6 Å². The van der Waals surface area contributed by atoms with Gasteiger partial charge in [-0.2, -0.15) is 8.99 Å². The third kappa shape index (κ3) is 4.79. The molecule has 0 saturated carbocycles. The molecule has 2 aromatic carbocycles. The van der Waals surface area contributed by atoms with Gasteiger partial charge >= 0.3 is 0 Å². The van der Waals surface area contributed by atoms with Gasteiger partial charge < -0.3 is 4.90 Å². The molecule has 168 valence electrons. The minimum absolute atomic E-state index is 0.0341. The van der Waals surface area contributed by atoms with Crippen LogP contribution in [-0.2, 0) is 14.8 Å². The lowest BCUT2D eigenvalue weighted by Crippen LogP contribution is -2.51. The number of carbonyl (C=O) groups is 1. The molecule has 32 heavy (non-hydrogen) atoms. The first-order valence-electron chi connectivity index (χ1n) is 9.55. The van der Waals surface area contributed by atoms with Gasteiger partial charge in [0.25, 0.3) is 0 Å². The molecule has 13 heteroatoms. The number of hydrogen-bond donors (Lipinski definition) is 0. The predicted molar refractivity (Wildman–Crippen MR) is 112 cm³/mol. The van der Waals surface area contributed by atoms with E-state index in [9.17, 15) is 22.0 Å². The van der Waals surface area contributed by atoms with Crippen LogP contribution in [0.1, 0.15) is 0 Å². The topological polar surface area (TPSA) is 101 Å². The van der Waals surface area contributed by atoms with Gasteiger partial charge in [0.1, 0.15) is 11.6 Å². The molecule has 1 aromatic heterocycles. The fourth-order valence-electron chi connectivity index (χ4n) is 3.21. The van der Waals surface area contributed by atoms with Crippen molar-refractivity contribution in [2.45, 2.75) is 10.1 Å². The maximum Gasteiger partial charge on any atom is 0.243 e. The molecule has 1 aliphatic rings. The normalized spacial score (nSPS) is 15.1. The van der Waals surface area contributed by atoms with Crippen LogP contribution in [0.25, 0.3) is 5.69 Å². The van der Waals surface area contributed by atoms with Crippen LogP contribution in [0.2, 0.25) is 0 Å². The highest BCUT2D eigenvalue weighted by molar-refractivity contribution is 7.99. The highest BCUT2D eigenvalue weighted by Crippen LogP contribution is 2.21. The van der Waals surface area contributed by atoms with Crippen molar-refractivity contribution in [2.75, 3.05) is 31.9 Å². The van der Waals surface area contributed by atoms with Gasteiger partial charge in [0.05, 0.1) is 16.3 Å². The minimum Gasteiger partial charge on any atom is -0.339 e. The lowest BCUT2D eigenvalue weighted by Gasteiger charge is -2.34. The molecule has 1 amide bonds. The molecular formula is C19H18F2N6O3S2. The van der Waals surface area contributed by atoms with E-state index in [2.05, 4.69) is 15.5 Å². The Morgan fingerprint density at radius 2 is 1.69 bits per heavy atom. The second-order valence-electron chi connectivity index (χ2n) is 6.88. The average molecular weight is 481 g/mol. The first-order valence-corrected chi connectivity index (χ1v) is 12.0. The number of rotatable bonds is 6. The van der Waals surface area contributed by atoms with Gasteiger partial charge in [0.15, 0.2) is 0 Å². The van der Waals surface area contributed by atoms with Crippen molar-refractivity contribution < 1.29 is 22.0 Å². The summed E-state index contributed by atoms with van der Waals surface area (Å²) in [6, 6.07) is 10.6. The Bertz CT molecular complexity index is 1230. The van der Waals surface area contributed by atoms with E-state index in [-0.39, 0.29) is 42.7 Å². The number of tetrazole rings is 1. The lowest BCUT2D eigenvalue weighted by molar-refractivity contribution is -0.129. The van der Waals surface area contributed by atoms with Crippen molar-refractivity contribution in [3.63, 3.8) is 0 Å². The number of amides is 1. The van der Waals surface area contributed by atoms with Gasteiger partial charge in [-0.15, -0.1) is 5.10 Å². The number of piperazine rings is 1. The van der Waals surface area contributed by atoms with Crippen molar-refractivity contribution in [2.24, 2.45) is 0 Å². The summed E-state index contributed by atoms with van der Waals surface area (Å²) >= 11 is 1.10. The molecule has 1 saturated heterocycles. The summed E-state index contributed by atoms with van der Waals surface area (Å²) in [6.45, 7) is 0.637. The van der Waals surface area contributed by atoms with Crippen LogP contribution in [0.5, 0.6) is 0 Å². The summed E-state index contributed by atoms with van der Waals surface area (Å²) < 4.78 is 54.9. The third-order valence-electron chi connectivity index (χ3n) is 4.84. The largest absolute Gasteiger partial charge is 0.339 e. The number of aromatic nitrogens is 4. The van der Waals surface area contributed by atoms with Crippen LogP contribution >= 0.6 is 11.8 Å². The molecule has 2 heterocycles. The Morgan fingerprint density at radius 3 is 2.38 bits per heavy atom. The number of halogens is 2. The van der Waals surface area contributed by atoms with Crippen molar-refractivity contribution in [1.82, 2.24) is 29.4 Å². The average Bonchev–Trinajstić information content (AvgIpc) is 3.26. The second-order valence-corrected chi connectivity index (χ2v) is 9.76. The zero-order valence-corrected chi connectivity index (χ0v) is 18.3. The summed E-state index contributed by atoms with van der Waals surface area (Å²) in [5.74, 6) is -1.23. The van der Waals surface area contributed by atoms with E-state index < -0.39 is 21.7 Å². The van der Waals surface area contributed by atoms with E-state index in [4.69, 9.17) is 0 Å². The summed E-state index contributed by atoms with van der Waals surface area (Å²) in [4.78, 5) is 14.1. The molecular weight excluding hydrogens is 462 g/mol. The zero-order valence-electron chi connectivity index (χ0n) is 16.6. The highest BCUT2D eigenvalue weighted by atomic mass is 32.2. The molecule has 0 spiro atoms. The fraction of sp³-hybridized carbons (Fsp3) is 0.263. The van der Waals surface area contributed by atoms with E-state index in [1.165, 1.54) is 45.4 Å². The fourth-order valence-corrected chi connectivity index (χ4v) is 5.46. The van der Waals surface area contributed by atoms with Crippen LogP contribution < -0.4 is 0 Å². The van der Waals surface area contributed by atoms with Gasteiger partial charge in [0, 0.05) is 26.2 Å². The first kappa shape index (κ1) is 22.3. The summed E-state index contributed by atoms with van der Waals surface area (Å²) in [5.41, 5.74) is 0.432. The molecule has 0 aliphatic carbocycles. The summed E-state index contributed by atoms with van der Waals surface area (Å²) in [5, 5.41) is 11.6. The standard InChI is InChI=1S/C19H18F2N6O3S2/c20-14-3-1-5-16(11-14)27-19(22-23-24-27)31-13-18(28)25-7-9-26(10-8-25)32(29,30)17-6-2-4-15(21)12-17/h1-6,11-12H,7-10,13H2. The predicted octanol–water partition coefficient (Wildman–Crippen LogP) is 1.57. The molecule has 0 bridgehead atoms. The third-order valence-corrected chi connectivity index (χ3v) is 7.64. The lowest BCUT2D eigenvalue weighted by atomic mass is 10.3. The SMILES string of the molecule is O=C(CSc1nnnn1-c1cccc(F)c1)N1CCN(S(=O)(=O)c2cccc(F)c2)CC1. The first-order chi connectivity index (χ1) is 15.3. The Hall–Kier alpha value is -2.90. The van der Waals surface area contributed by atoms with E-state index >= 15 is 0 Å². The number of thioether (sulfide) groups is 1. The van der Waals surface area contributed by atoms with Crippen molar-refractivity contribution in [1.29, 1.82) is 0 Å². The minimum atomic E-state index is -3.83. The van der Waals surface area contributed by atoms with Crippen LogP contribution in [0.3, 0.4) is 0 Å². The van der Waals surface area contributed by atoms with Crippen molar-refractivity contribution in [3.8, 4) is 5.69 Å². The number of carbonyl (C=O) groups excluding carboxylic acids is 1. The molecule has 0 radical (unpaired) electrons. The Morgan fingerprint density at radius 1 is 1.00 bits per heavy atom. The highest BCUT2D eigenvalue weighted by Gasteiger charge is 2.30. The van der Waals surface area contributed by atoms with Crippen molar-refractivity contribution >= 4 is 27.7 Å².